The summed E-state index contributed by atoms with van der Waals surface area (Å²) < 4.78 is 0. The molecule has 2 atom stereocenters. The number of hydrogen-bond acceptors (Lipinski definition) is 3. The molecule has 2 rings (SSSR count). The molecule has 2 N–H and O–H groups in total. The Morgan fingerprint density at radius 1 is 1.60 bits per heavy atom. The molecule has 0 amide bonds. The number of likely N-dealkylation sites (tertiary alicyclic amines) is 1. The standard InChI is InChI=1S/C12H20N2S/c1-2-5-14-6-3-10(8-13)12(14)11-4-7-15-9-11/h4,7,9-10,12H,2-3,5-6,8,13H2,1H3. The van der Waals surface area contributed by atoms with Crippen LogP contribution in [0.15, 0.2) is 16.8 Å². The summed E-state index contributed by atoms with van der Waals surface area (Å²) in [6.07, 6.45) is 2.49. The summed E-state index contributed by atoms with van der Waals surface area (Å²) in [5.74, 6) is 0.658. The van der Waals surface area contributed by atoms with Gasteiger partial charge < -0.3 is 5.73 Å². The number of thiophene rings is 1. The average molecular weight is 224 g/mol. The van der Waals surface area contributed by atoms with Crippen molar-refractivity contribution in [2.45, 2.75) is 25.8 Å². The van der Waals surface area contributed by atoms with Gasteiger partial charge in [0.25, 0.3) is 0 Å². The summed E-state index contributed by atoms with van der Waals surface area (Å²) in [7, 11) is 0. The molecule has 0 bridgehead atoms. The molecule has 0 spiro atoms. The van der Waals surface area contributed by atoms with Crippen LogP contribution in [0.25, 0.3) is 0 Å². The van der Waals surface area contributed by atoms with Crippen molar-refractivity contribution in [3.63, 3.8) is 0 Å². The maximum absolute atomic E-state index is 5.87. The molecule has 15 heavy (non-hydrogen) atoms. The minimum atomic E-state index is 0.584. The molecule has 2 heterocycles. The molecule has 3 heteroatoms. The molecular weight excluding hydrogens is 204 g/mol. The Morgan fingerprint density at radius 2 is 2.47 bits per heavy atom. The molecule has 1 aromatic rings. The van der Waals surface area contributed by atoms with Crippen LogP contribution >= 0.6 is 11.3 Å². The first kappa shape index (κ1) is 11.1. The number of nitrogens with two attached hydrogens (primary N) is 1. The molecule has 0 saturated carbocycles. The lowest BCUT2D eigenvalue weighted by atomic mass is 9.96. The quantitative estimate of drug-likeness (QED) is 0.851. The van der Waals surface area contributed by atoms with Gasteiger partial charge in [-0.05, 0) is 60.8 Å². The summed E-state index contributed by atoms with van der Waals surface area (Å²) in [6, 6.07) is 2.84. The van der Waals surface area contributed by atoms with Crippen LogP contribution in [0.2, 0.25) is 0 Å². The van der Waals surface area contributed by atoms with Gasteiger partial charge in [-0.3, -0.25) is 4.90 Å². The van der Waals surface area contributed by atoms with Crippen LogP contribution in [0.4, 0.5) is 0 Å². The third-order valence-electron chi connectivity index (χ3n) is 3.33. The molecule has 84 valence electrons. The summed E-state index contributed by atoms with van der Waals surface area (Å²) in [4.78, 5) is 2.60. The summed E-state index contributed by atoms with van der Waals surface area (Å²) in [6.45, 7) is 5.49. The fourth-order valence-electron chi connectivity index (χ4n) is 2.64. The monoisotopic (exact) mass is 224 g/mol. The molecule has 1 aliphatic heterocycles. The lowest BCUT2D eigenvalue weighted by molar-refractivity contribution is 0.231. The molecule has 1 aromatic heterocycles. The van der Waals surface area contributed by atoms with Crippen molar-refractivity contribution >= 4 is 11.3 Å². The third-order valence-corrected chi connectivity index (χ3v) is 4.03. The maximum Gasteiger partial charge on any atom is 0.0397 e. The van der Waals surface area contributed by atoms with Gasteiger partial charge in [0.2, 0.25) is 0 Å². The predicted molar refractivity (Wildman–Crippen MR) is 66.1 cm³/mol. The molecule has 1 saturated heterocycles. The number of rotatable bonds is 4. The highest BCUT2D eigenvalue weighted by molar-refractivity contribution is 7.07. The van der Waals surface area contributed by atoms with E-state index >= 15 is 0 Å². The first-order chi connectivity index (χ1) is 7.36. The zero-order chi connectivity index (χ0) is 10.7. The van der Waals surface area contributed by atoms with E-state index in [1.165, 1.54) is 31.5 Å². The summed E-state index contributed by atoms with van der Waals surface area (Å²) in [5.41, 5.74) is 7.34. The second-order valence-corrected chi connectivity index (χ2v) is 5.10. The van der Waals surface area contributed by atoms with Crippen molar-refractivity contribution in [1.29, 1.82) is 0 Å². The molecule has 0 aliphatic carbocycles. The zero-order valence-electron chi connectivity index (χ0n) is 9.36. The fraction of sp³-hybridized carbons (Fsp3) is 0.667. The highest BCUT2D eigenvalue weighted by Gasteiger charge is 2.33. The Morgan fingerprint density at radius 3 is 3.07 bits per heavy atom. The first-order valence-electron chi connectivity index (χ1n) is 5.83. The highest BCUT2D eigenvalue weighted by Crippen LogP contribution is 2.37. The van der Waals surface area contributed by atoms with E-state index in [1.807, 2.05) is 0 Å². The first-order valence-corrected chi connectivity index (χ1v) is 6.77. The average Bonchev–Trinajstić information content (AvgIpc) is 2.85. The van der Waals surface area contributed by atoms with Crippen molar-refractivity contribution in [2.75, 3.05) is 19.6 Å². The van der Waals surface area contributed by atoms with Gasteiger partial charge in [-0.2, -0.15) is 11.3 Å². The van der Waals surface area contributed by atoms with Crippen molar-refractivity contribution in [1.82, 2.24) is 4.90 Å². The van der Waals surface area contributed by atoms with Gasteiger partial charge in [0.05, 0.1) is 0 Å². The van der Waals surface area contributed by atoms with Crippen LogP contribution in [0.1, 0.15) is 31.4 Å². The smallest absolute Gasteiger partial charge is 0.0397 e. The number of nitrogens with zero attached hydrogens (tertiary/aromatic N) is 1. The summed E-state index contributed by atoms with van der Waals surface area (Å²) in [5, 5.41) is 4.45. The van der Waals surface area contributed by atoms with Crippen LogP contribution in [0.3, 0.4) is 0 Å². The molecule has 0 aromatic carbocycles. The van der Waals surface area contributed by atoms with Crippen LogP contribution in [0.5, 0.6) is 0 Å². The van der Waals surface area contributed by atoms with Gasteiger partial charge in [-0.15, -0.1) is 0 Å². The van der Waals surface area contributed by atoms with E-state index in [0.29, 0.717) is 12.0 Å². The molecule has 2 unspecified atom stereocenters. The predicted octanol–water partition coefficient (Wildman–Crippen LogP) is 2.48. The molecule has 0 radical (unpaired) electrons. The van der Waals surface area contributed by atoms with Crippen LogP contribution in [0, 0.1) is 5.92 Å². The van der Waals surface area contributed by atoms with E-state index in [1.54, 1.807) is 11.3 Å². The summed E-state index contributed by atoms with van der Waals surface area (Å²) >= 11 is 1.79. The topological polar surface area (TPSA) is 29.3 Å². The molecule has 1 fully saturated rings. The van der Waals surface area contributed by atoms with E-state index in [0.717, 1.165) is 6.54 Å². The van der Waals surface area contributed by atoms with Crippen LogP contribution in [-0.4, -0.2) is 24.5 Å². The van der Waals surface area contributed by atoms with Gasteiger partial charge >= 0.3 is 0 Å². The SMILES string of the molecule is CCCN1CCC(CN)C1c1ccsc1. The number of hydrogen-bond donors (Lipinski definition) is 1. The normalized spacial score (nSPS) is 27.3. The van der Waals surface area contributed by atoms with Gasteiger partial charge in [-0.25, -0.2) is 0 Å². The Labute approximate surface area is 96.1 Å². The Bertz CT molecular complexity index is 284. The van der Waals surface area contributed by atoms with E-state index < -0.39 is 0 Å². The Hall–Kier alpha value is -0.380. The minimum Gasteiger partial charge on any atom is -0.330 e. The van der Waals surface area contributed by atoms with Gasteiger partial charge in [-0.1, -0.05) is 6.92 Å². The van der Waals surface area contributed by atoms with E-state index in [-0.39, 0.29) is 0 Å². The molecular formula is C12H20N2S. The van der Waals surface area contributed by atoms with Crippen molar-refractivity contribution in [3.05, 3.63) is 22.4 Å². The Balaban J connectivity index is 2.15. The van der Waals surface area contributed by atoms with Crippen molar-refractivity contribution < 1.29 is 0 Å². The largest absolute Gasteiger partial charge is 0.330 e. The fourth-order valence-corrected chi connectivity index (χ4v) is 3.33. The van der Waals surface area contributed by atoms with E-state index in [4.69, 9.17) is 5.73 Å². The molecule has 1 aliphatic rings. The van der Waals surface area contributed by atoms with Crippen molar-refractivity contribution in [3.8, 4) is 0 Å². The van der Waals surface area contributed by atoms with Gasteiger partial charge in [0, 0.05) is 6.04 Å². The lowest BCUT2D eigenvalue weighted by Gasteiger charge is -2.26. The van der Waals surface area contributed by atoms with E-state index in [2.05, 4.69) is 28.7 Å². The zero-order valence-corrected chi connectivity index (χ0v) is 10.2. The maximum atomic E-state index is 5.87. The minimum absolute atomic E-state index is 0.584. The van der Waals surface area contributed by atoms with Crippen LogP contribution in [-0.2, 0) is 0 Å². The van der Waals surface area contributed by atoms with Crippen molar-refractivity contribution in [2.24, 2.45) is 11.7 Å². The third kappa shape index (κ3) is 2.25. The highest BCUT2D eigenvalue weighted by atomic mass is 32.1. The van der Waals surface area contributed by atoms with Gasteiger partial charge in [0.1, 0.15) is 0 Å². The lowest BCUT2D eigenvalue weighted by Crippen LogP contribution is -2.28. The van der Waals surface area contributed by atoms with E-state index in [9.17, 15) is 0 Å². The molecule has 2 nitrogen and oxygen atoms in total. The van der Waals surface area contributed by atoms with Gasteiger partial charge in [0.15, 0.2) is 0 Å². The second kappa shape index (κ2) is 5.10. The Kier molecular flexibility index (Phi) is 3.78. The second-order valence-electron chi connectivity index (χ2n) is 4.32. The van der Waals surface area contributed by atoms with Crippen LogP contribution < -0.4 is 5.73 Å².